The molecule has 1 aliphatic rings. The lowest BCUT2D eigenvalue weighted by molar-refractivity contribution is -0.144. The van der Waals surface area contributed by atoms with Crippen molar-refractivity contribution in [3.63, 3.8) is 0 Å². The molecule has 0 aliphatic carbocycles. The van der Waals surface area contributed by atoms with Crippen molar-refractivity contribution < 1.29 is 14.6 Å². The quantitative estimate of drug-likeness (QED) is 0.436. The average molecular weight is 170 g/mol. The number of esters is 1. The maximum absolute atomic E-state index is 10.9. The lowest BCUT2D eigenvalue weighted by atomic mass is 10.1. The van der Waals surface area contributed by atoms with Crippen molar-refractivity contribution >= 4 is 5.97 Å². The van der Waals surface area contributed by atoms with Gasteiger partial charge in [0.05, 0.1) is 12.7 Å². The molecular weight excluding hydrogens is 156 g/mol. The summed E-state index contributed by atoms with van der Waals surface area (Å²) in [7, 11) is 0. The second-order valence-corrected chi connectivity index (χ2v) is 2.91. The van der Waals surface area contributed by atoms with E-state index in [0.29, 0.717) is 32.3 Å². The second-order valence-electron chi connectivity index (χ2n) is 2.91. The number of aliphatic hydroxyl groups excluding tert-OH is 1. The van der Waals surface area contributed by atoms with Crippen LogP contribution in [-0.4, -0.2) is 23.8 Å². The van der Waals surface area contributed by atoms with Crippen molar-refractivity contribution in [2.75, 3.05) is 6.61 Å². The van der Waals surface area contributed by atoms with Gasteiger partial charge in [-0.15, -0.1) is 0 Å². The third-order valence-electron chi connectivity index (χ3n) is 1.80. The predicted molar refractivity (Wildman–Crippen MR) is 44.6 cm³/mol. The highest BCUT2D eigenvalue weighted by molar-refractivity contribution is 5.69. The SMILES string of the molecule is O=C1CC/C=C\CC(O)CCO1. The summed E-state index contributed by atoms with van der Waals surface area (Å²) >= 11 is 0. The Morgan fingerprint density at radius 1 is 1.50 bits per heavy atom. The molecule has 0 aromatic rings. The normalized spacial score (nSPS) is 29.1. The number of hydrogen-bond donors (Lipinski definition) is 1. The maximum atomic E-state index is 10.9. The van der Waals surface area contributed by atoms with Gasteiger partial charge >= 0.3 is 5.97 Å². The van der Waals surface area contributed by atoms with Crippen molar-refractivity contribution in [1.82, 2.24) is 0 Å². The number of carbonyl (C=O) groups excluding carboxylic acids is 1. The number of aliphatic hydroxyl groups is 1. The molecule has 0 saturated carbocycles. The molecule has 1 rings (SSSR count). The second kappa shape index (κ2) is 4.93. The van der Waals surface area contributed by atoms with Gasteiger partial charge in [0, 0.05) is 12.8 Å². The Labute approximate surface area is 72.0 Å². The van der Waals surface area contributed by atoms with Gasteiger partial charge in [-0.05, 0) is 12.8 Å². The van der Waals surface area contributed by atoms with Crippen molar-refractivity contribution in [3.8, 4) is 0 Å². The first-order valence-corrected chi connectivity index (χ1v) is 4.28. The van der Waals surface area contributed by atoms with Gasteiger partial charge in [-0.25, -0.2) is 0 Å². The lowest BCUT2D eigenvalue weighted by Gasteiger charge is -2.09. The lowest BCUT2D eigenvalue weighted by Crippen LogP contribution is -2.13. The molecule has 1 aliphatic heterocycles. The summed E-state index contributed by atoms with van der Waals surface area (Å²) < 4.78 is 4.86. The van der Waals surface area contributed by atoms with Crippen molar-refractivity contribution in [1.29, 1.82) is 0 Å². The third-order valence-corrected chi connectivity index (χ3v) is 1.80. The summed E-state index contributed by atoms with van der Waals surface area (Å²) in [6, 6.07) is 0. The molecule has 68 valence electrons. The fourth-order valence-electron chi connectivity index (χ4n) is 1.07. The van der Waals surface area contributed by atoms with Gasteiger partial charge in [0.1, 0.15) is 0 Å². The highest BCUT2D eigenvalue weighted by atomic mass is 16.5. The molecule has 1 unspecified atom stereocenters. The van der Waals surface area contributed by atoms with Crippen LogP contribution in [0.25, 0.3) is 0 Å². The summed E-state index contributed by atoms with van der Waals surface area (Å²) in [5, 5.41) is 9.27. The summed E-state index contributed by atoms with van der Waals surface area (Å²) in [5.41, 5.74) is 0. The van der Waals surface area contributed by atoms with Gasteiger partial charge in [-0.1, -0.05) is 12.2 Å². The summed E-state index contributed by atoms with van der Waals surface area (Å²) in [6.45, 7) is 0.341. The van der Waals surface area contributed by atoms with Crippen LogP contribution in [0.5, 0.6) is 0 Å². The van der Waals surface area contributed by atoms with Gasteiger partial charge in [0.25, 0.3) is 0 Å². The standard InChI is InChI=1S/C9H14O3/c10-8-4-2-1-3-5-9(11)12-7-6-8/h1-2,8,10H,3-7H2/b2-1-. The van der Waals surface area contributed by atoms with Crippen molar-refractivity contribution in [2.24, 2.45) is 0 Å². The van der Waals surface area contributed by atoms with Crippen LogP contribution >= 0.6 is 0 Å². The van der Waals surface area contributed by atoms with E-state index in [-0.39, 0.29) is 12.1 Å². The van der Waals surface area contributed by atoms with Gasteiger partial charge in [0.15, 0.2) is 0 Å². The van der Waals surface area contributed by atoms with E-state index in [0.717, 1.165) is 0 Å². The van der Waals surface area contributed by atoms with Crippen LogP contribution in [0.15, 0.2) is 12.2 Å². The highest BCUT2D eigenvalue weighted by Gasteiger charge is 2.06. The molecular formula is C9H14O3. The Bertz CT molecular complexity index is 175. The number of rotatable bonds is 0. The summed E-state index contributed by atoms with van der Waals surface area (Å²) in [5.74, 6) is -0.172. The molecule has 0 spiro atoms. The first-order chi connectivity index (χ1) is 5.79. The number of hydrogen-bond acceptors (Lipinski definition) is 3. The van der Waals surface area contributed by atoms with Crippen LogP contribution in [0.3, 0.4) is 0 Å². The van der Waals surface area contributed by atoms with E-state index in [9.17, 15) is 9.90 Å². The molecule has 0 fully saturated rings. The van der Waals surface area contributed by atoms with Gasteiger partial charge < -0.3 is 9.84 Å². The van der Waals surface area contributed by atoms with Crippen molar-refractivity contribution in [2.45, 2.75) is 31.8 Å². The van der Waals surface area contributed by atoms with E-state index in [1.165, 1.54) is 0 Å². The molecule has 12 heavy (non-hydrogen) atoms. The Balaban J connectivity index is 2.38. The van der Waals surface area contributed by atoms with E-state index in [1.54, 1.807) is 0 Å². The zero-order chi connectivity index (χ0) is 8.81. The van der Waals surface area contributed by atoms with Crippen molar-refractivity contribution in [3.05, 3.63) is 12.2 Å². The highest BCUT2D eigenvalue weighted by Crippen LogP contribution is 2.05. The maximum Gasteiger partial charge on any atom is 0.306 e. The van der Waals surface area contributed by atoms with Crippen LogP contribution in [0.1, 0.15) is 25.7 Å². The molecule has 0 radical (unpaired) electrons. The van der Waals surface area contributed by atoms with Crippen LogP contribution in [-0.2, 0) is 9.53 Å². The fraction of sp³-hybridized carbons (Fsp3) is 0.667. The van der Waals surface area contributed by atoms with E-state index >= 15 is 0 Å². The van der Waals surface area contributed by atoms with Crippen LogP contribution in [0.2, 0.25) is 0 Å². The molecule has 0 aromatic carbocycles. The van der Waals surface area contributed by atoms with Crippen LogP contribution < -0.4 is 0 Å². The molecule has 0 bridgehead atoms. The predicted octanol–water partition coefficient (Wildman–Crippen LogP) is 1.02. The zero-order valence-electron chi connectivity index (χ0n) is 7.03. The van der Waals surface area contributed by atoms with Crippen LogP contribution in [0.4, 0.5) is 0 Å². The van der Waals surface area contributed by atoms with E-state index in [4.69, 9.17) is 4.74 Å². The van der Waals surface area contributed by atoms with E-state index in [2.05, 4.69) is 0 Å². The topological polar surface area (TPSA) is 46.5 Å². The number of ether oxygens (including phenoxy) is 1. The number of allylic oxidation sites excluding steroid dienone is 1. The minimum Gasteiger partial charge on any atom is -0.466 e. The van der Waals surface area contributed by atoms with E-state index < -0.39 is 0 Å². The molecule has 0 amide bonds. The summed E-state index contributed by atoms with van der Waals surface area (Å²) in [4.78, 5) is 10.9. The van der Waals surface area contributed by atoms with Gasteiger partial charge in [-0.2, -0.15) is 0 Å². The third kappa shape index (κ3) is 3.53. The Morgan fingerprint density at radius 2 is 2.33 bits per heavy atom. The fourth-order valence-corrected chi connectivity index (χ4v) is 1.07. The largest absolute Gasteiger partial charge is 0.466 e. The average Bonchev–Trinajstić information content (AvgIpc) is 2.04. The Morgan fingerprint density at radius 3 is 3.17 bits per heavy atom. The molecule has 3 heteroatoms. The molecule has 1 N–H and O–H groups in total. The smallest absolute Gasteiger partial charge is 0.306 e. The van der Waals surface area contributed by atoms with Crippen LogP contribution in [0, 0.1) is 0 Å². The molecule has 0 aromatic heterocycles. The van der Waals surface area contributed by atoms with Gasteiger partial charge in [0.2, 0.25) is 0 Å². The monoisotopic (exact) mass is 170 g/mol. The molecule has 1 heterocycles. The Hall–Kier alpha value is -0.830. The minimum absolute atomic E-state index is 0.172. The molecule has 3 nitrogen and oxygen atoms in total. The minimum atomic E-state index is -0.368. The number of cyclic esters (lactones) is 1. The Kier molecular flexibility index (Phi) is 3.80. The van der Waals surface area contributed by atoms with Gasteiger partial charge in [-0.3, -0.25) is 4.79 Å². The number of carbonyl (C=O) groups is 1. The first-order valence-electron chi connectivity index (χ1n) is 4.28. The molecule has 1 atom stereocenters. The van der Waals surface area contributed by atoms with E-state index in [1.807, 2.05) is 12.2 Å². The molecule has 0 saturated heterocycles. The first kappa shape index (κ1) is 9.26. The summed E-state index contributed by atoms with van der Waals surface area (Å²) in [6.07, 6.45) is 5.83. The zero-order valence-corrected chi connectivity index (χ0v) is 7.03.